The predicted molar refractivity (Wildman–Crippen MR) is 88.4 cm³/mol. The molecule has 0 aliphatic carbocycles. The van der Waals surface area contributed by atoms with Crippen molar-refractivity contribution in [1.82, 2.24) is 4.90 Å². The maximum atomic E-state index is 12.4. The Kier molecular flexibility index (Phi) is 5.21. The fourth-order valence-corrected chi connectivity index (χ4v) is 2.96. The first-order valence-corrected chi connectivity index (χ1v) is 7.77. The zero-order valence-electron chi connectivity index (χ0n) is 13.6. The lowest BCUT2D eigenvalue weighted by Gasteiger charge is -2.26. The van der Waals surface area contributed by atoms with Gasteiger partial charge in [0.1, 0.15) is 11.6 Å². The molecule has 1 N–H and O–H groups in total. The Morgan fingerprint density at radius 1 is 1.18 bits per heavy atom. The van der Waals surface area contributed by atoms with Gasteiger partial charge in [-0.15, -0.1) is 0 Å². The molecule has 4 heteroatoms. The van der Waals surface area contributed by atoms with E-state index in [4.69, 9.17) is 0 Å². The van der Waals surface area contributed by atoms with E-state index in [1.165, 1.54) is 5.56 Å². The number of likely N-dealkylation sites (tertiary alicyclic amines) is 1. The van der Waals surface area contributed by atoms with Gasteiger partial charge >= 0.3 is 0 Å². The van der Waals surface area contributed by atoms with Crippen molar-refractivity contribution in [2.24, 2.45) is 0 Å². The van der Waals surface area contributed by atoms with E-state index in [9.17, 15) is 10.1 Å². The topological polar surface area (TPSA) is 56.1 Å². The van der Waals surface area contributed by atoms with Crippen molar-refractivity contribution in [2.45, 2.75) is 40.0 Å². The lowest BCUT2D eigenvalue weighted by atomic mass is 10.1. The second kappa shape index (κ2) is 7.13. The molecule has 0 aromatic heterocycles. The zero-order valence-corrected chi connectivity index (χ0v) is 13.6. The number of benzene rings is 1. The van der Waals surface area contributed by atoms with E-state index in [0.717, 1.165) is 49.2 Å². The van der Waals surface area contributed by atoms with Crippen LogP contribution < -0.4 is 5.32 Å². The summed E-state index contributed by atoms with van der Waals surface area (Å²) >= 11 is 0. The number of carbonyl (C=O) groups is 1. The minimum absolute atomic E-state index is 0.168. The highest BCUT2D eigenvalue weighted by Crippen LogP contribution is 2.22. The minimum Gasteiger partial charge on any atom is -0.360 e. The Balaban J connectivity index is 2.16. The normalized spacial score (nSPS) is 15.4. The lowest BCUT2D eigenvalue weighted by Crippen LogP contribution is -2.36. The molecule has 1 aromatic carbocycles. The monoisotopic (exact) mass is 297 g/mol. The summed E-state index contributed by atoms with van der Waals surface area (Å²) in [6.07, 6.45) is 4.75. The molecule has 0 bridgehead atoms. The molecular formula is C18H23N3O. The van der Waals surface area contributed by atoms with Crippen LogP contribution in [-0.4, -0.2) is 23.9 Å². The maximum Gasteiger partial charge on any atom is 0.266 e. The number of nitrogens with one attached hydrogen (secondary N) is 1. The van der Waals surface area contributed by atoms with E-state index in [1.54, 1.807) is 11.1 Å². The second-order valence-electron chi connectivity index (χ2n) is 5.94. The fraction of sp³-hybridized carbons (Fsp3) is 0.444. The highest BCUT2D eigenvalue weighted by Gasteiger charge is 2.20. The van der Waals surface area contributed by atoms with Gasteiger partial charge < -0.3 is 10.2 Å². The van der Waals surface area contributed by atoms with Crippen LogP contribution >= 0.6 is 0 Å². The Bertz CT molecular complexity index is 611. The first-order valence-electron chi connectivity index (χ1n) is 7.77. The average Bonchev–Trinajstić information content (AvgIpc) is 2.50. The number of hydrogen-bond acceptors (Lipinski definition) is 3. The van der Waals surface area contributed by atoms with Gasteiger partial charge in [0.25, 0.3) is 5.91 Å². The van der Waals surface area contributed by atoms with Gasteiger partial charge in [-0.05, 0) is 51.2 Å². The standard InChI is InChI=1S/C18H23N3O/c1-13-9-14(2)17(15(3)10-13)20-12-16(11-19)18(22)21-7-5-4-6-8-21/h9-10,12,20H,4-8H2,1-3H3/b16-12-. The van der Waals surface area contributed by atoms with Crippen LogP contribution in [0.25, 0.3) is 0 Å². The zero-order chi connectivity index (χ0) is 16.1. The summed E-state index contributed by atoms with van der Waals surface area (Å²) in [7, 11) is 0. The van der Waals surface area contributed by atoms with Gasteiger partial charge in [0, 0.05) is 25.0 Å². The summed E-state index contributed by atoms with van der Waals surface area (Å²) in [5, 5.41) is 12.4. The first kappa shape index (κ1) is 16.1. The molecule has 1 aliphatic rings. The molecule has 0 radical (unpaired) electrons. The van der Waals surface area contributed by atoms with Gasteiger partial charge in [-0.2, -0.15) is 5.26 Å². The molecule has 116 valence electrons. The quantitative estimate of drug-likeness (QED) is 0.687. The van der Waals surface area contributed by atoms with Crippen molar-refractivity contribution in [1.29, 1.82) is 5.26 Å². The van der Waals surface area contributed by atoms with Crippen molar-refractivity contribution < 1.29 is 4.79 Å². The second-order valence-corrected chi connectivity index (χ2v) is 5.94. The van der Waals surface area contributed by atoms with Crippen LogP contribution in [0.3, 0.4) is 0 Å². The van der Waals surface area contributed by atoms with E-state index in [2.05, 4.69) is 24.4 Å². The lowest BCUT2D eigenvalue weighted by molar-refractivity contribution is -0.127. The highest BCUT2D eigenvalue weighted by atomic mass is 16.2. The summed E-state index contributed by atoms with van der Waals surface area (Å²) < 4.78 is 0. The third-order valence-corrected chi connectivity index (χ3v) is 4.03. The number of piperidine rings is 1. The molecular weight excluding hydrogens is 274 g/mol. The van der Waals surface area contributed by atoms with Gasteiger partial charge in [0.2, 0.25) is 0 Å². The Hall–Kier alpha value is -2.28. The molecule has 1 aliphatic heterocycles. The highest BCUT2D eigenvalue weighted by molar-refractivity contribution is 5.97. The van der Waals surface area contributed by atoms with Crippen molar-refractivity contribution in [3.05, 3.63) is 40.6 Å². The van der Waals surface area contributed by atoms with Crippen molar-refractivity contribution in [3.63, 3.8) is 0 Å². The van der Waals surface area contributed by atoms with Gasteiger partial charge in [0.15, 0.2) is 0 Å². The SMILES string of the molecule is Cc1cc(C)c(N/C=C(/C#N)C(=O)N2CCCCC2)c(C)c1. The van der Waals surface area contributed by atoms with Crippen LogP contribution in [0.4, 0.5) is 5.69 Å². The minimum atomic E-state index is -0.169. The van der Waals surface area contributed by atoms with Gasteiger partial charge in [-0.25, -0.2) is 0 Å². The van der Waals surface area contributed by atoms with Crippen LogP contribution in [-0.2, 0) is 4.79 Å². The van der Waals surface area contributed by atoms with Crippen molar-refractivity contribution in [2.75, 3.05) is 18.4 Å². The molecule has 2 rings (SSSR count). The van der Waals surface area contributed by atoms with Crippen LogP contribution in [0, 0.1) is 32.1 Å². The van der Waals surface area contributed by atoms with Gasteiger partial charge in [0.05, 0.1) is 0 Å². The van der Waals surface area contributed by atoms with E-state index >= 15 is 0 Å². The van der Waals surface area contributed by atoms with Gasteiger partial charge in [-0.3, -0.25) is 4.79 Å². The van der Waals surface area contributed by atoms with E-state index in [1.807, 2.05) is 19.9 Å². The molecule has 0 atom stereocenters. The van der Waals surface area contributed by atoms with Crippen molar-refractivity contribution >= 4 is 11.6 Å². The molecule has 0 unspecified atom stereocenters. The number of nitrogens with zero attached hydrogens (tertiary/aromatic N) is 2. The third kappa shape index (κ3) is 3.67. The van der Waals surface area contributed by atoms with Crippen LogP contribution in [0.5, 0.6) is 0 Å². The Labute approximate surface area is 132 Å². The maximum absolute atomic E-state index is 12.4. The van der Waals surface area contributed by atoms with E-state index < -0.39 is 0 Å². The number of amides is 1. The fourth-order valence-electron chi connectivity index (χ4n) is 2.96. The van der Waals surface area contributed by atoms with Crippen molar-refractivity contribution in [3.8, 4) is 6.07 Å². The Morgan fingerprint density at radius 3 is 2.32 bits per heavy atom. The Morgan fingerprint density at radius 2 is 1.77 bits per heavy atom. The number of hydrogen-bond donors (Lipinski definition) is 1. The largest absolute Gasteiger partial charge is 0.360 e. The van der Waals surface area contributed by atoms with Crippen LogP contribution in [0.1, 0.15) is 36.0 Å². The summed E-state index contributed by atoms with van der Waals surface area (Å²) in [5.74, 6) is -0.169. The molecule has 1 aromatic rings. The molecule has 0 saturated carbocycles. The summed E-state index contributed by atoms with van der Waals surface area (Å²) in [4.78, 5) is 14.1. The number of anilines is 1. The predicted octanol–water partition coefficient (Wildman–Crippen LogP) is 3.44. The number of rotatable bonds is 3. The summed E-state index contributed by atoms with van der Waals surface area (Å²) in [6.45, 7) is 7.60. The molecule has 1 heterocycles. The molecule has 1 fully saturated rings. The van der Waals surface area contributed by atoms with Crippen LogP contribution in [0.15, 0.2) is 23.9 Å². The first-order chi connectivity index (χ1) is 10.5. The number of carbonyl (C=O) groups excluding carboxylic acids is 1. The molecule has 4 nitrogen and oxygen atoms in total. The number of nitriles is 1. The average molecular weight is 297 g/mol. The molecule has 22 heavy (non-hydrogen) atoms. The van der Waals surface area contributed by atoms with E-state index in [-0.39, 0.29) is 11.5 Å². The summed E-state index contributed by atoms with van der Waals surface area (Å²) in [6, 6.07) is 6.20. The molecule has 1 saturated heterocycles. The number of aryl methyl sites for hydroxylation is 3. The molecule has 0 spiro atoms. The third-order valence-electron chi connectivity index (χ3n) is 4.03. The van der Waals surface area contributed by atoms with Gasteiger partial charge in [-0.1, -0.05) is 17.7 Å². The summed E-state index contributed by atoms with van der Waals surface area (Å²) in [5.41, 5.74) is 4.55. The smallest absolute Gasteiger partial charge is 0.266 e. The van der Waals surface area contributed by atoms with E-state index in [0.29, 0.717) is 0 Å². The molecule has 1 amide bonds. The van der Waals surface area contributed by atoms with Crippen LogP contribution in [0.2, 0.25) is 0 Å².